The summed E-state index contributed by atoms with van der Waals surface area (Å²) in [6.07, 6.45) is 5.10. The van der Waals surface area contributed by atoms with Crippen molar-refractivity contribution in [3.05, 3.63) is 32.2 Å². The van der Waals surface area contributed by atoms with Gasteiger partial charge >= 0.3 is 0 Å². The van der Waals surface area contributed by atoms with Gasteiger partial charge in [0.05, 0.1) is 10.0 Å². The third-order valence-corrected chi connectivity index (χ3v) is 8.54. The van der Waals surface area contributed by atoms with E-state index in [-0.39, 0.29) is 0 Å². The van der Waals surface area contributed by atoms with Gasteiger partial charge in [-0.2, -0.15) is 0 Å². The quantitative estimate of drug-likeness (QED) is 0.667. The SMILES string of the molecule is Cc1csc(C2CCN(CC(C)CN3CCC(c4nc(C)cs4)CC3)CC2)n1. The second-order valence-corrected chi connectivity index (χ2v) is 10.7. The number of aromatic nitrogens is 2. The van der Waals surface area contributed by atoms with Crippen LogP contribution in [0, 0.1) is 19.8 Å². The number of piperidine rings is 2. The second kappa shape index (κ2) is 9.33. The summed E-state index contributed by atoms with van der Waals surface area (Å²) in [7, 11) is 0. The van der Waals surface area contributed by atoms with Gasteiger partial charge in [0.1, 0.15) is 0 Å². The largest absolute Gasteiger partial charge is 0.303 e. The van der Waals surface area contributed by atoms with Gasteiger partial charge in [0.15, 0.2) is 0 Å². The first kappa shape index (κ1) is 20.5. The Morgan fingerprint density at radius 1 is 0.821 bits per heavy atom. The highest BCUT2D eigenvalue weighted by Gasteiger charge is 2.26. The second-order valence-electron chi connectivity index (χ2n) is 8.91. The summed E-state index contributed by atoms with van der Waals surface area (Å²) in [5, 5.41) is 7.12. The summed E-state index contributed by atoms with van der Waals surface area (Å²) in [4.78, 5) is 14.8. The van der Waals surface area contributed by atoms with E-state index in [0.717, 1.165) is 5.92 Å². The molecule has 4 rings (SSSR count). The van der Waals surface area contributed by atoms with Crippen LogP contribution >= 0.6 is 22.7 Å². The number of rotatable bonds is 6. The maximum atomic E-state index is 4.72. The van der Waals surface area contributed by atoms with Crippen molar-refractivity contribution >= 4 is 22.7 Å². The number of thiazole rings is 2. The van der Waals surface area contributed by atoms with Gasteiger partial charge in [0, 0.05) is 47.1 Å². The van der Waals surface area contributed by atoms with Crippen LogP contribution in [0.15, 0.2) is 10.8 Å². The highest BCUT2D eigenvalue weighted by molar-refractivity contribution is 7.10. The molecular weight excluding hydrogens is 384 g/mol. The Labute approximate surface area is 178 Å². The van der Waals surface area contributed by atoms with Gasteiger partial charge in [-0.05, 0) is 71.6 Å². The van der Waals surface area contributed by atoms with E-state index in [1.54, 1.807) is 0 Å². The van der Waals surface area contributed by atoms with Crippen molar-refractivity contribution in [2.24, 2.45) is 5.92 Å². The molecule has 0 spiro atoms. The van der Waals surface area contributed by atoms with Gasteiger partial charge in [-0.3, -0.25) is 0 Å². The standard InChI is InChI=1S/C22H34N4S2/c1-16(12-25-8-4-19(5-9-25)21-23-17(2)14-27-21)13-26-10-6-20(7-11-26)22-24-18(3)15-28-22/h14-16,19-20H,4-13H2,1-3H3. The fraction of sp³-hybridized carbons (Fsp3) is 0.727. The van der Waals surface area contributed by atoms with Crippen molar-refractivity contribution < 1.29 is 0 Å². The molecule has 0 atom stereocenters. The number of nitrogens with zero attached hydrogens (tertiary/aromatic N) is 4. The van der Waals surface area contributed by atoms with Crippen LogP contribution in [-0.4, -0.2) is 59.0 Å². The molecule has 2 fully saturated rings. The Balaban J connectivity index is 1.17. The first-order valence-corrected chi connectivity index (χ1v) is 12.6. The molecule has 2 aromatic rings. The van der Waals surface area contributed by atoms with Crippen LogP contribution in [0.25, 0.3) is 0 Å². The highest BCUT2D eigenvalue weighted by Crippen LogP contribution is 2.32. The normalized spacial score (nSPS) is 21.0. The van der Waals surface area contributed by atoms with Gasteiger partial charge in [-0.25, -0.2) is 9.97 Å². The molecular formula is C22H34N4S2. The molecule has 4 heterocycles. The summed E-state index contributed by atoms with van der Waals surface area (Å²) in [6.45, 7) is 14.1. The molecule has 0 unspecified atom stereocenters. The first-order chi connectivity index (χ1) is 13.6. The molecule has 0 aliphatic carbocycles. The molecule has 2 saturated heterocycles. The molecule has 0 amide bonds. The summed E-state index contributed by atoms with van der Waals surface area (Å²) in [5.41, 5.74) is 2.37. The molecule has 0 saturated carbocycles. The molecule has 154 valence electrons. The average molecular weight is 419 g/mol. The van der Waals surface area contributed by atoms with Crippen molar-refractivity contribution in [3.8, 4) is 0 Å². The van der Waals surface area contributed by atoms with E-state index in [4.69, 9.17) is 9.97 Å². The predicted octanol–water partition coefficient (Wildman–Crippen LogP) is 4.91. The van der Waals surface area contributed by atoms with Gasteiger partial charge in [0.25, 0.3) is 0 Å². The first-order valence-electron chi connectivity index (χ1n) is 10.9. The zero-order chi connectivity index (χ0) is 19.5. The smallest absolute Gasteiger partial charge is 0.0960 e. The Kier molecular flexibility index (Phi) is 6.81. The summed E-state index contributed by atoms with van der Waals surface area (Å²) >= 11 is 3.71. The van der Waals surface area contributed by atoms with E-state index < -0.39 is 0 Å². The monoisotopic (exact) mass is 418 g/mol. The highest BCUT2D eigenvalue weighted by atomic mass is 32.1. The van der Waals surface area contributed by atoms with E-state index in [1.807, 2.05) is 22.7 Å². The van der Waals surface area contributed by atoms with Gasteiger partial charge in [-0.1, -0.05) is 6.92 Å². The number of hydrogen-bond acceptors (Lipinski definition) is 6. The lowest BCUT2D eigenvalue weighted by Crippen LogP contribution is -2.41. The molecule has 28 heavy (non-hydrogen) atoms. The zero-order valence-corrected chi connectivity index (χ0v) is 19.2. The van der Waals surface area contributed by atoms with Crippen LogP contribution in [-0.2, 0) is 0 Å². The van der Waals surface area contributed by atoms with Gasteiger partial charge in [0.2, 0.25) is 0 Å². The number of aryl methyl sites for hydroxylation is 2. The molecule has 2 aliphatic heterocycles. The molecule has 0 aromatic carbocycles. The predicted molar refractivity (Wildman–Crippen MR) is 120 cm³/mol. The fourth-order valence-electron chi connectivity index (χ4n) is 4.78. The van der Waals surface area contributed by atoms with Gasteiger partial charge < -0.3 is 9.80 Å². The minimum atomic E-state index is 0.693. The topological polar surface area (TPSA) is 32.3 Å². The minimum absolute atomic E-state index is 0.693. The maximum Gasteiger partial charge on any atom is 0.0960 e. The van der Waals surface area contributed by atoms with Crippen molar-refractivity contribution in [1.82, 2.24) is 19.8 Å². The third kappa shape index (κ3) is 5.21. The van der Waals surface area contributed by atoms with Crippen molar-refractivity contribution in [2.45, 2.75) is 58.3 Å². The molecule has 4 nitrogen and oxygen atoms in total. The van der Waals surface area contributed by atoms with Crippen LogP contribution in [0.3, 0.4) is 0 Å². The van der Waals surface area contributed by atoms with Crippen LogP contribution in [0.2, 0.25) is 0 Å². The van der Waals surface area contributed by atoms with Crippen molar-refractivity contribution in [1.29, 1.82) is 0 Å². The van der Waals surface area contributed by atoms with E-state index in [0.29, 0.717) is 11.8 Å². The van der Waals surface area contributed by atoms with E-state index in [2.05, 4.69) is 41.3 Å². The maximum absolute atomic E-state index is 4.72. The fourth-order valence-corrected chi connectivity index (χ4v) is 6.72. The van der Waals surface area contributed by atoms with E-state index in [1.165, 1.54) is 86.4 Å². The molecule has 0 N–H and O–H groups in total. The van der Waals surface area contributed by atoms with Crippen LogP contribution in [0.4, 0.5) is 0 Å². The lowest BCUT2D eigenvalue weighted by Gasteiger charge is -2.36. The zero-order valence-electron chi connectivity index (χ0n) is 17.6. The van der Waals surface area contributed by atoms with E-state index >= 15 is 0 Å². The lowest BCUT2D eigenvalue weighted by molar-refractivity contribution is 0.141. The third-order valence-electron chi connectivity index (χ3n) is 6.29. The summed E-state index contributed by atoms with van der Waals surface area (Å²) in [6, 6.07) is 0. The van der Waals surface area contributed by atoms with Crippen molar-refractivity contribution in [3.63, 3.8) is 0 Å². The van der Waals surface area contributed by atoms with Crippen LogP contribution < -0.4 is 0 Å². The number of hydrogen-bond donors (Lipinski definition) is 0. The number of likely N-dealkylation sites (tertiary alicyclic amines) is 2. The Bertz CT molecular complexity index is 677. The molecule has 2 aromatic heterocycles. The van der Waals surface area contributed by atoms with E-state index in [9.17, 15) is 0 Å². The Morgan fingerprint density at radius 3 is 1.54 bits per heavy atom. The minimum Gasteiger partial charge on any atom is -0.303 e. The lowest BCUT2D eigenvalue weighted by atomic mass is 9.95. The Morgan fingerprint density at radius 2 is 1.21 bits per heavy atom. The molecule has 2 aliphatic rings. The van der Waals surface area contributed by atoms with Gasteiger partial charge in [-0.15, -0.1) is 22.7 Å². The van der Waals surface area contributed by atoms with Crippen LogP contribution in [0.5, 0.6) is 0 Å². The molecule has 0 radical (unpaired) electrons. The average Bonchev–Trinajstić information content (AvgIpc) is 3.31. The molecule has 0 bridgehead atoms. The van der Waals surface area contributed by atoms with Crippen molar-refractivity contribution in [2.75, 3.05) is 39.3 Å². The summed E-state index contributed by atoms with van der Waals surface area (Å²) < 4.78 is 0. The van der Waals surface area contributed by atoms with Crippen LogP contribution in [0.1, 0.15) is 65.8 Å². The summed E-state index contributed by atoms with van der Waals surface area (Å²) in [5.74, 6) is 2.13. The molecule has 6 heteroatoms. The Hall–Kier alpha value is -0.820.